The summed E-state index contributed by atoms with van der Waals surface area (Å²) in [6.07, 6.45) is 2.42. The molecule has 1 saturated carbocycles. The summed E-state index contributed by atoms with van der Waals surface area (Å²) in [7, 11) is 5.80. The van der Waals surface area contributed by atoms with Crippen molar-refractivity contribution in [3.8, 4) is 0 Å². The summed E-state index contributed by atoms with van der Waals surface area (Å²) in [6, 6.07) is 14.7. The number of hydrogen-bond donors (Lipinski definition) is 2. The van der Waals surface area contributed by atoms with Crippen LogP contribution < -0.4 is 15.5 Å². The smallest absolute Gasteiger partial charge is 0.191 e. The van der Waals surface area contributed by atoms with E-state index in [0.717, 1.165) is 28.5 Å². The molecule has 1 heterocycles. The Morgan fingerprint density at radius 1 is 1.19 bits per heavy atom. The fourth-order valence-corrected chi connectivity index (χ4v) is 3.40. The van der Waals surface area contributed by atoms with Crippen molar-refractivity contribution in [3.05, 3.63) is 58.2 Å². The summed E-state index contributed by atoms with van der Waals surface area (Å²) in [5, 5.41) is 6.85. The van der Waals surface area contributed by atoms with E-state index < -0.39 is 0 Å². The van der Waals surface area contributed by atoms with Crippen LogP contribution in [0, 0.1) is 0 Å². The molecule has 6 heteroatoms. The van der Waals surface area contributed by atoms with Gasteiger partial charge in [0.25, 0.3) is 0 Å². The monoisotopic (exact) mass is 415 g/mol. The van der Waals surface area contributed by atoms with Gasteiger partial charge in [-0.05, 0) is 42.7 Å². The van der Waals surface area contributed by atoms with Crippen LogP contribution in [0.3, 0.4) is 0 Å². The molecule has 1 aliphatic rings. The Morgan fingerprint density at radius 2 is 1.96 bits per heavy atom. The van der Waals surface area contributed by atoms with Crippen LogP contribution in [0.5, 0.6) is 0 Å². The van der Waals surface area contributed by atoms with Gasteiger partial charge in [-0.2, -0.15) is 0 Å². The first-order valence-corrected chi connectivity index (χ1v) is 9.65. The molecule has 5 nitrogen and oxygen atoms in total. The lowest BCUT2D eigenvalue weighted by molar-refractivity contribution is 0.644. The van der Waals surface area contributed by atoms with Crippen molar-refractivity contribution in [1.82, 2.24) is 15.6 Å². The molecular weight excluding hydrogens is 390 g/mol. The first-order chi connectivity index (χ1) is 12.5. The zero-order valence-electron chi connectivity index (χ0n) is 15.6. The van der Waals surface area contributed by atoms with E-state index in [1.807, 2.05) is 37.2 Å². The quantitative estimate of drug-likeness (QED) is 0.561. The van der Waals surface area contributed by atoms with Crippen molar-refractivity contribution in [2.75, 3.05) is 32.6 Å². The normalized spacial score (nSPS) is 15.5. The van der Waals surface area contributed by atoms with Crippen LogP contribution in [0.1, 0.15) is 24.1 Å². The maximum absolute atomic E-state index is 4.63. The van der Waals surface area contributed by atoms with Crippen molar-refractivity contribution in [2.45, 2.75) is 24.8 Å². The van der Waals surface area contributed by atoms with Gasteiger partial charge in [0.2, 0.25) is 0 Å². The summed E-state index contributed by atoms with van der Waals surface area (Å²) >= 11 is 3.58. The van der Waals surface area contributed by atoms with Crippen LogP contribution in [0.25, 0.3) is 0 Å². The number of halogens is 1. The summed E-state index contributed by atoms with van der Waals surface area (Å²) in [5.74, 6) is 1.77. The van der Waals surface area contributed by atoms with E-state index in [0.29, 0.717) is 6.54 Å². The van der Waals surface area contributed by atoms with Crippen LogP contribution >= 0.6 is 15.9 Å². The van der Waals surface area contributed by atoms with Crippen molar-refractivity contribution < 1.29 is 0 Å². The number of anilines is 1. The third-order valence-corrected chi connectivity index (χ3v) is 5.29. The average molecular weight is 416 g/mol. The number of nitrogens with one attached hydrogen (secondary N) is 2. The number of pyridine rings is 1. The van der Waals surface area contributed by atoms with Gasteiger partial charge in [0.1, 0.15) is 5.82 Å². The van der Waals surface area contributed by atoms with E-state index >= 15 is 0 Å². The van der Waals surface area contributed by atoms with Gasteiger partial charge in [0, 0.05) is 37.6 Å². The third kappa shape index (κ3) is 4.55. The molecule has 2 aromatic rings. The minimum Gasteiger partial charge on any atom is -0.363 e. The van der Waals surface area contributed by atoms with Gasteiger partial charge < -0.3 is 15.5 Å². The van der Waals surface area contributed by atoms with E-state index in [2.05, 4.69) is 60.8 Å². The lowest BCUT2D eigenvalue weighted by Gasteiger charge is -2.19. The molecular formula is C20H26BrN5. The first kappa shape index (κ1) is 18.7. The second-order valence-corrected chi connectivity index (χ2v) is 7.87. The Bertz CT molecular complexity index is 783. The molecule has 1 aromatic carbocycles. The Kier molecular flexibility index (Phi) is 5.81. The molecule has 0 atom stereocenters. The molecule has 0 spiro atoms. The number of benzene rings is 1. The summed E-state index contributed by atoms with van der Waals surface area (Å²) in [5.41, 5.74) is 2.60. The second-order valence-electron chi connectivity index (χ2n) is 6.95. The number of guanidine groups is 1. The molecule has 0 radical (unpaired) electrons. The molecule has 0 aliphatic heterocycles. The van der Waals surface area contributed by atoms with E-state index in [9.17, 15) is 0 Å². The number of hydrogen-bond acceptors (Lipinski definition) is 3. The SMILES string of the molecule is CN=C(NCc1cccc(N(C)C)n1)NCC1(c2cccc(Br)c2)CC1. The Morgan fingerprint density at radius 3 is 2.62 bits per heavy atom. The standard InChI is InChI=1S/C20H26BrN5/c1-22-19(23-13-17-8-5-9-18(25-17)26(2)3)24-14-20(10-11-20)15-6-4-7-16(21)12-15/h4-9,12H,10-11,13-14H2,1-3H3,(H2,22,23,24). The predicted octanol–water partition coefficient (Wildman–Crippen LogP) is 3.31. The third-order valence-electron chi connectivity index (χ3n) is 4.80. The minimum atomic E-state index is 0.227. The number of aromatic nitrogens is 1. The molecule has 1 fully saturated rings. The van der Waals surface area contributed by atoms with Gasteiger partial charge >= 0.3 is 0 Å². The van der Waals surface area contributed by atoms with E-state index in [-0.39, 0.29) is 5.41 Å². The fraction of sp³-hybridized carbons (Fsp3) is 0.400. The lowest BCUT2D eigenvalue weighted by atomic mass is 9.96. The van der Waals surface area contributed by atoms with Crippen LogP contribution in [0.2, 0.25) is 0 Å². The highest BCUT2D eigenvalue weighted by atomic mass is 79.9. The van der Waals surface area contributed by atoms with Crippen molar-refractivity contribution in [1.29, 1.82) is 0 Å². The van der Waals surface area contributed by atoms with Gasteiger partial charge in [-0.1, -0.05) is 34.1 Å². The zero-order chi connectivity index (χ0) is 18.6. The first-order valence-electron chi connectivity index (χ1n) is 8.86. The Balaban J connectivity index is 1.56. The molecule has 1 aliphatic carbocycles. The summed E-state index contributed by atoms with van der Waals surface area (Å²) in [6.45, 7) is 1.53. The molecule has 0 amide bonds. The lowest BCUT2D eigenvalue weighted by Crippen LogP contribution is -2.41. The topological polar surface area (TPSA) is 52.6 Å². The van der Waals surface area contributed by atoms with Crippen molar-refractivity contribution in [3.63, 3.8) is 0 Å². The van der Waals surface area contributed by atoms with E-state index in [1.54, 1.807) is 7.05 Å². The molecule has 26 heavy (non-hydrogen) atoms. The molecule has 0 unspecified atom stereocenters. The zero-order valence-corrected chi connectivity index (χ0v) is 17.2. The molecule has 0 saturated heterocycles. The van der Waals surface area contributed by atoms with Gasteiger partial charge in [-0.25, -0.2) is 4.98 Å². The predicted molar refractivity (Wildman–Crippen MR) is 112 cm³/mol. The Hall–Kier alpha value is -2.08. The van der Waals surface area contributed by atoms with Gasteiger partial charge in [-0.15, -0.1) is 0 Å². The second kappa shape index (κ2) is 8.08. The minimum absolute atomic E-state index is 0.227. The highest BCUT2D eigenvalue weighted by Gasteiger charge is 2.44. The van der Waals surface area contributed by atoms with Crippen LogP contribution in [-0.2, 0) is 12.0 Å². The van der Waals surface area contributed by atoms with Crippen LogP contribution in [0.15, 0.2) is 51.9 Å². The van der Waals surface area contributed by atoms with Gasteiger partial charge in [0.05, 0.1) is 12.2 Å². The summed E-state index contributed by atoms with van der Waals surface area (Å²) < 4.78 is 1.13. The van der Waals surface area contributed by atoms with E-state index in [4.69, 9.17) is 0 Å². The summed E-state index contributed by atoms with van der Waals surface area (Å²) in [4.78, 5) is 11.0. The van der Waals surface area contributed by atoms with E-state index in [1.165, 1.54) is 18.4 Å². The van der Waals surface area contributed by atoms with Crippen molar-refractivity contribution >= 4 is 27.7 Å². The molecule has 138 valence electrons. The number of aliphatic imine (C=N–C) groups is 1. The average Bonchev–Trinajstić information content (AvgIpc) is 3.43. The molecule has 3 rings (SSSR count). The molecule has 0 bridgehead atoms. The fourth-order valence-electron chi connectivity index (χ4n) is 3.00. The van der Waals surface area contributed by atoms with Crippen LogP contribution in [-0.4, -0.2) is 38.6 Å². The van der Waals surface area contributed by atoms with Gasteiger partial charge in [-0.3, -0.25) is 4.99 Å². The van der Waals surface area contributed by atoms with Crippen LogP contribution in [0.4, 0.5) is 5.82 Å². The highest BCUT2D eigenvalue weighted by molar-refractivity contribution is 9.10. The maximum Gasteiger partial charge on any atom is 0.191 e. The molecule has 1 aromatic heterocycles. The number of nitrogens with zero attached hydrogens (tertiary/aromatic N) is 3. The molecule has 2 N–H and O–H groups in total. The van der Waals surface area contributed by atoms with Crippen molar-refractivity contribution in [2.24, 2.45) is 4.99 Å². The Labute approximate surface area is 164 Å². The number of rotatable bonds is 6. The maximum atomic E-state index is 4.63. The highest BCUT2D eigenvalue weighted by Crippen LogP contribution is 2.48. The largest absolute Gasteiger partial charge is 0.363 e. The van der Waals surface area contributed by atoms with Gasteiger partial charge in [0.15, 0.2) is 5.96 Å².